The van der Waals surface area contributed by atoms with Crippen LogP contribution in [-0.4, -0.2) is 10.9 Å². The van der Waals surface area contributed by atoms with Crippen molar-refractivity contribution in [1.29, 1.82) is 0 Å². The third kappa shape index (κ3) is 3.41. The number of carbonyl (C=O) groups excluding carboxylic acids is 1. The minimum atomic E-state index is -0.269. The van der Waals surface area contributed by atoms with Crippen molar-refractivity contribution in [1.82, 2.24) is 4.98 Å². The fourth-order valence-electron chi connectivity index (χ4n) is 1.29. The second kappa shape index (κ2) is 5.46. The summed E-state index contributed by atoms with van der Waals surface area (Å²) in [5.41, 5.74) is 1.04. The lowest BCUT2D eigenvalue weighted by Crippen LogP contribution is -2.13. The zero-order chi connectivity index (χ0) is 12.3. The summed E-state index contributed by atoms with van der Waals surface area (Å²) in [6.07, 6.45) is 1.51. The predicted molar refractivity (Wildman–Crippen MR) is 76.4 cm³/mol. The summed E-state index contributed by atoms with van der Waals surface area (Å²) in [6, 6.07) is 10.7. The Hall–Kier alpha value is -1.14. The van der Waals surface area contributed by atoms with E-state index in [1.807, 2.05) is 24.3 Å². The standard InChI is InChI=1S/C12H8ClIN2O/c13-8-4-5-15-11(6-8)12(17)16-10-3-1-2-9(14)7-10/h1-7H,(H,16,17). The summed E-state index contributed by atoms with van der Waals surface area (Å²) in [6.45, 7) is 0. The molecule has 3 nitrogen and oxygen atoms in total. The van der Waals surface area contributed by atoms with Gasteiger partial charge < -0.3 is 5.32 Å². The second-order valence-electron chi connectivity index (χ2n) is 3.32. The Kier molecular flexibility index (Phi) is 3.96. The highest BCUT2D eigenvalue weighted by Crippen LogP contribution is 2.14. The first-order valence-electron chi connectivity index (χ1n) is 4.83. The van der Waals surface area contributed by atoms with Crippen molar-refractivity contribution in [2.45, 2.75) is 0 Å². The second-order valence-corrected chi connectivity index (χ2v) is 5.01. The third-order valence-electron chi connectivity index (χ3n) is 2.04. The van der Waals surface area contributed by atoms with E-state index in [9.17, 15) is 4.79 Å². The number of carbonyl (C=O) groups is 1. The SMILES string of the molecule is O=C(Nc1cccc(I)c1)c1cc(Cl)ccn1. The summed E-state index contributed by atoms with van der Waals surface area (Å²) in [4.78, 5) is 15.8. The number of nitrogens with one attached hydrogen (secondary N) is 1. The van der Waals surface area contributed by atoms with Gasteiger partial charge >= 0.3 is 0 Å². The lowest BCUT2D eigenvalue weighted by molar-refractivity contribution is 0.102. The summed E-state index contributed by atoms with van der Waals surface area (Å²) >= 11 is 7.98. The molecule has 0 bridgehead atoms. The number of benzene rings is 1. The molecule has 0 aliphatic rings. The molecule has 1 N–H and O–H groups in total. The van der Waals surface area contributed by atoms with Gasteiger partial charge in [-0.3, -0.25) is 9.78 Å². The zero-order valence-corrected chi connectivity index (χ0v) is 11.6. The highest BCUT2D eigenvalue weighted by Gasteiger charge is 2.07. The number of rotatable bonds is 2. The first-order chi connectivity index (χ1) is 8.15. The molecule has 0 saturated heterocycles. The summed E-state index contributed by atoms with van der Waals surface area (Å²) in [5.74, 6) is -0.269. The van der Waals surface area contributed by atoms with Crippen LogP contribution in [0.3, 0.4) is 0 Å². The van der Waals surface area contributed by atoms with E-state index in [2.05, 4.69) is 32.9 Å². The first-order valence-corrected chi connectivity index (χ1v) is 6.29. The number of halogens is 2. The van der Waals surface area contributed by atoms with Gasteiger partial charge in [0.25, 0.3) is 5.91 Å². The van der Waals surface area contributed by atoms with E-state index in [0.29, 0.717) is 10.7 Å². The van der Waals surface area contributed by atoms with Gasteiger partial charge in [-0.2, -0.15) is 0 Å². The average Bonchev–Trinajstić information content (AvgIpc) is 2.29. The number of pyridine rings is 1. The van der Waals surface area contributed by atoms with Gasteiger partial charge in [-0.15, -0.1) is 0 Å². The van der Waals surface area contributed by atoms with Crippen LogP contribution in [0.2, 0.25) is 5.02 Å². The van der Waals surface area contributed by atoms with E-state index >= 15 is 0 Å². The zero-order valence-electron chi connectivity index (χ0n) is 8.65. The number of hydrogen-bond donors (Lipinski definition) is 1. The molecule has 0 spiro atoms. The van der Waals surface area contributed by atoms with Crippen LogP contribution in [0.1, 0.15) is 10.5 Å². The van der Waals surface area contributed by atoms with Gasteiger partial charge in [0.1, 0.15) is 5.69 Å². The fraction of sp³-hybridized carbons (Fsp3) is 0. The van der Waals surface area contributed by atoms with Crippen molar-refractivity contribution < 1.29 is 4.79 Å². The number of aromatic nitrogens is 1. The highest BCUT2D eigenvalue weighted by molar-refractivity contribution is 14.1. The monoisotopic (exact) mass is 358 g/mol. The minimum Gasteiger partial charge on any atom is -0.321 e. The van der Waals surface area contributed by atoms with Gasteiger partial charge in [-0.1, -0.05) is 17.7 Å². The summed E-state index contributed by atoms with van der Waals surface area (Å²) < 4.78 is 1.06. The lowest BCUT2D eigenvalue weighted by atomic mass is 10.3. The van der Waals surface area contributed by atoms with Gasteiger partial charge in [0.15, 0.2) is 0 Å². The lowest BCUT2D eigenvalue weighted by Gasteiger charge is -2.05. The molecule has 1 aromatic heterocycles. The maximum absolute atomic E-state index is 11.8. The summed E-state index contributed by atoms with van der Waals surface area (Å²) in [7, 11) is 0. The number of nitrogens with zero attached hydrogens (tertiary/aromatic N) is 1. The van der Waals surface area contributed by atoms with E-state index < -0.39 is 0 Å². The molecule has 0 radical (unpaired) electrons. The Bertz CT molecular complexity index is 560. The van der Waals surface area contributed by atoms with E-state index in [4.69, 9.17) is 11.6 Å². The molecule has 2 aromatic rings. The minimum absolute atomic E-state index is 0.269. The molecule has 0 unspecified atom stereocenters. The van der Waals surface area contributed by atoms with E-state index in [1.165, 1.54) is 12.3 Å². The molecule has 0 fully saturated rings. The topological polar surface area (TPSA) is 42.0 Å². The molecule has 0 saturated carbocycles. The molecule has 2 rings (SSSR count). The fourth-order valence-corrected chi connectivity index (χ4v) is 1.99. The molecule has 0 aliphatic heterocycles. The van der Waals surface area contributed by atoms with Crippen molar-refractivity contribution in [3.05, 3.63) is 56.9 Å². The molecular formula is C12H8ClIN2O. The van der Waals surface area contributed by atoms with E-state index in [-0.39, 0.29) is 5.91 Å². The van der Waals surface area contributed by atoms with E-state index in [0.717, 1.165) is 9.26 Å². The molecule has 86 valence electrons. The number of amides is 1. The predicted octanol–water partition coefficient (Wildman–Crippen LogP) is 3.59. The van der Waals surface area contributed by atoms with Crippen LogP contribution in [0.5, 0.6) is 0 Å². The van der Waals surface area contributed by atoms with Crippen LogP contribution >= 0.6 is 34.2 Å². The normalized spacial score (nSPS) is 10.0. The van der Waals surface area contributed by atoms with Crippen LogP contribution < -0.4 is 5.32 Å². The Balaban J connectivity index is 2.17. The molecule has 1 heterocycles. The quantitative estimate of drug-likeness (QED) is 0.834. The van der Waals surface area contributed by atoms with Crippen molar-refractivity contribution in [2.75, 3.05) is 5.32 Å². The van der Waals surface area contributed by atoms with Crippen molar-refractivity contribution >= 4 is 45.8 Å². The van der Waals surface area contributed by atoms with Crippen LogP contribution in [0, 0.1) is 3.57 Å². The van der Waals surface area contributed by atoms with Crippen LogP contribution in [-0.2, 0) is 0 Å². The highest BCUT2D eigenvalue weighted by atomic mass is 127. The molecule has 1 amide bonds. The Morgan fingerprint density at radius 1 is 1.29 bits per heavy atom. The molecule has 17 heavy (non-hydrogen) atoms. The first kappa shape index (κ1) is 12.3. The van der Waals surface area contributed by atoms with Gasteiger partial charge in [-0.05, 0) is 52.9 Å². The smallest absolute Gasteiger partial charge is 0.274 e. The molecule has 1 aromatic carbocycles. The van der Waals surface area contributed by atoms with Crippen molar-refractivity contribution in [2.24, 2.45) is 0 Å². The van der Waals surface area contributed by atoms with Crippen molar-refractivity contribution in [3.8, 4) is 0 Å². The van der Waals surface area contributed by atoms with Gasteiger partial charge in [0.2, 0.25) is 0 Å². The number of hydrogen-bond acceptors (Lipinski definition) is 2. The Morgan fingerprint density at radius 3 is 2.82 bits per heavy atom. The van der Waals surface area contributed by atoms with Gasteiger partial charge in [0, 0.05) is 20.5 Å². The molecule has 5 heteroatoms. The molecular weight excluding hydrogens is 351 g/mol. The maximum Gasteiger partial charge on any atom is 0.274 e. The van der Waals surface area contributed by atoms with E-state index in [1.54, 1.807) is 6.07 Å². The largest absolute Gasteiger partial charge is 0.321 e. The van der Waals surface area contributed by atoms with Gasteiger partial charge in [-0.25, -0.2) is 0 Å². The Labute approximate surface area is 117 Å². The van der Waals surface area contributed by atoms with Crippen LogP contribution in [0.4, 0.5) is 5.69 Å². The average molecular weight is 359 g/mol. The summed E-state index contributed by atoms with van der Waals surface area (Å²) in [5, 5.41) is 3.25. The van der Waals surface area contributed by atoms with Crippen LogP contribution in [0.15, 0.2) is 42.6 Å². The van der Waals surface area contributed by atoms with Crippen LogP contribution in [0.25, 0.3) is 0 Å². The third-order valence-corrected chi connectivity index (χ3v) is 2.94. The van der Waals surface area contributed by atoms with Crippen molar-refractivity contribution in [3.63, 3.8) is 0 Å². The molecule has 0 atom stereocenters. The maximum atomic E-state index is 11.8. The number of anilines is 1. The van der Waals surface area contributed by atoms with Gasteiger partial charge in [0.05, 0.1) is 0 Å². The Morgan fingerprint density at radius 2 is 2.12 bits per heavy atom. The molecule has 0 aliphatic carbocycles.